The lowest BCUT2D eigenvalue weighted by Gasteiger charge is -2.08. The molecule has 0 amide bonds. The van der Waals surface area contributed by atoms with Gasteiger partial charge in [0.05, 0.1) is 6.61 Å². The van der Waals surface area contributed by atoms with Crippen molar-refractivity contribution in [3.05, 3.63) is 0 Å². The van der Waals surface area contributed by atoms with E-state index in [1.165, 1.54) is 6.92 Å². The third-order valence-electron chi connectivity index (χ3n) is 2.65. The highest BCUT2D eigenvalue weighted by Gasteiger charge is 2.39. The standard InChI is InChI=1S/C11H16O4/c1-3-15-11(14)9-5-4-8(10(9)13)6-7(2)12/h8-9H,3-6H2,1-2H3. The number of hydrogen-bond donors (Lipinski definition) is 0. The Hall–Kier alpha value is -1.19. The van der Waals surface area contributed by atoms with E-state index in [1.54, 1.807) is 6.92 Å². The molecule has 2 atom stereocenters. The first-order valence-electron chi connectivity index (χ1n) is 5.26. The fraction of sp³-hybridized carbons (Fsp3) is 0.727. The normalized spacial score (nSPS) is 25.3. The molecule has 0 bridgehead atoms. The number of rotatable bonds is 4. The summed E-state index contributed by atoms with van der Waals surface area (Å²) in [5.74, 6) is -1.46. The minimum Gasteiger partial charge on any atom is -0.465 e. The Balaban J connectivity index is 2.56. The summed E-state index contributed by atoms with van der Waals surface area (Å²) in [6.45, 7) is 3.47. The van der Waals surface area contributed by atoms with Crippen LogP contribution in [-0.2, 0) is 19.1 Å². The molecule has 1 aliphatic carbocycles. The van der Waals surface area contributed by atoms with Gasteiger partial charge in [-0.05, 0) is 26.7 Å². The van der Waals surface area contributed by atoms with E-state index in [4.69, 9.17) is 4.74 Å². The summed E-state index contributed by atoms with van der Waals surface area (Å²) < 4.78 is 4.80. The van der Waals surface area contributed by atoms with Gasteiger partial charge in [-0.3, -0.25) is 9.59 Å². The van der Waals surface area contributed by atoms with E-state index in [2.05, 4.69) is 0 Å². The molecule has 1 aliphatic rings. The van der Waals surface area contributed by atoms with Gasteiger partial charge in [0.25, 0.3) is 0 Å². The van der Waals surface area contributed by atoms with Crippen molar-refractivity contribution >= 4 is 17.5 Å². The van der Waals surface area contributed by atoms with Gasteiger partial charge in [0.1, 0.15) is 11.7 Å². The van der Waals surface area contributed by atoms with Crippen LogP contribution < -0.4 is 0 Å². The smallest absolute Gasteiger partial charge is 0.316 e. The van der Waals surface area contributed by atoms with Crippen LogP contribution in [0.4, 0.5) is 0 Å². The highest BCUT2D eigenvalue weighted by Crippen LogP contribution is 2.30. The van der Waals surface area contributed by atoms with Crippen LogP contribution in [0.2, 0.25) is 0 Å². The Morgan fingerprint density at radius 2 is 2.07 bits per heavy atom. The van der Waals surface area contributed by atoms with Crippen LogP contribution >= 0.6 is 0 Å². The van der Waals surface area contributed by atoms with Crippen LogP contribution in [0.1, 0.15) is 33.1 Å². The monoisotopic (exact) mass is 212 g/mol. The van der Waals surface area contributed by atoms with Crippen molar-refractivity contribution in [1.82, 2.24) is 0 Å². The van der Waals surface area contributed by atoms with Crippen LogP contribution in [0, 0.1) is 11.8 Å². The molecule has 1 rings (SSSR count). The Bertz CT molecular complexity index is 282. The second-order valence-corrected chi connectivity index (χ2v) is 3.89. The summed E-state index contributed by atoms with van der Waals surface area (Å²) in [5, 5.41) is 0. The zero-order valence-corrected chi connectivity index (χ0v) is 9.12. The molecular weight excluding hydrogens is 196 g/mol. The topological polar surface area (TPSA) is 60.4 Å². The van der Waals surface area contributed by atoms with Gasteiger partial charge in [-0.2, -0.15) is 0 Å². The van der Waals surface area contributed by atoms with E-state index < -0.39 is 11.9 Å². The first-order chi connectivity index (χ1) is 7.06. The van der Waals surface area contributed by atoms with Crippen LogP contribution in [0.5, 0.6) is 0 Å². The molecule has 0 radical (unpaired) electrons. The van der Waals surface area contributed by atoms with E-state index in [0.717, 1.165) is 0 Å². The first-order valence-corrected chi connectivity index (χ1v) is 5.26. The van der Waals surface area contributed by atoms with Crippen molar-refractivity contribution in [2.75, 3.05) is 6.61 Å². The average Bonchev–Trinajstić information content (AvgIpc) is 2.48. The molecule has 1 saturated carbocycles. The van der Waals surface area contributed by atoms with Crippen molar-refractivity contribution in [3.63, 3.8) is 0 Å². The second kappa shape index (κ2) is 5.05. The largest absolute Gasteiger partial charge is 0.465 e. The Labute approximate surface area is 89.0 Å². The summed E-state index contributed by atoms with van der Waals surface area (Å²) in [5.41, 5.74) is 0. The molecule has 0 aromatic carbocycles. The van der Waals surface area contributed by atoms with E-state index in [1.807, 2.05) is 0 Å². The molecule has 4 nitrogen and oxygen atoms in total. The zero-order chi connectivity index (χ0) is 11.4. The van der Waals surface area contributed by atoms with Crippen molar-refractivity contribution in [2.45, 2.75) is 33.1 Å². The molecule has 0 aromatic rings. The maximum absolute atomic E-state index is 11.7. The molecule has 1 fully saturated rings. The molecule has 15 heavy (non-hydrogen) atoms. The number of carbonyl (C=O) groups excluding carboxylic acids is 3. The van der Waals surface area contributed by atoms with Crippen molar-refractivity contribution in [2.24, 2.45) is 11.8 Å². The Kier molecular flexibility index (Phi) is 4.00. The average molecular weight is 212 g/mol. The second-order valence-electron chi connectivity index (χ2n) is 3.89. The minimum absolute atomic E-state index is 0.00198. The Morgan fingerprint density at radius 1 is 1.40 bits per heavy atom. The number of hydrogen-bond acceptors (Lipinski definition) is 4. The SMILES string of the molecule is CCOC(=O)C1CCC(CC(C)=O)C1=O. The molecule has 0 saturated heterocycles. The third-order valence-corrected chi connectivity index (χ3v) is 2.65. The van der Waals surface area contributed by atoms with Crippen LogP contribution in [-0.4, -0.2) is 24.1 Å². The molecule has 4 heteroatoms. The number of ether oxygens (including phenoxy) is 1. The van der Waals surface area contributed by atoms with E-state index in [9.17, 15) is 14.4 Å². The molecular formula is C11H16O4. The van der Waals surface area contributed by atoms with E-state index in [0.29, 0.717) is 19.4 Å². The first kappa shape index (κ1) is 11.9. The number of carbonyl (C=O) groups is 3. The quantitative estimate of drug-likeness (QED) is 0.517. The summed E-state index contributed by atoms with van der Waals surface area (Å²) in [6.07, 6.45) is 1.41. The van der Waals surface area contributed by atoms with E-state index >= 15 is 0 Å². The van der Waals surface area contributed by atoms with Crippen LogP contribution in [0.3, 0.4) is 0 Å². The van der Waals surface area contributed by atoms with Gasteiger partial charge < -0.3 is 9.53 Å². The fourth-order valence-corrected chi connectivity index (χ4v) is 1.96. The molecule has 0 heterocycles. The van der Waals surface area contributed by atoms with Gasteiger partial charge in [-0.25, -0.2) is 0 Å². The molecule has 2 unspecified atom stereocenters. The van der Waals surface area contributed by atoms with Crippen LogP contribution in [0.25, 0.3) is 0 Å². The van der Waals surface area contributed by atoms with Crippen LogP contribution in [0.15, 0.2) is 0 Å². The van der Waals surface area contributed by atoms with Gasteiger partial charge in [-0.1, -0.05) is 0 Å². The van der Waals surface area contributed by atoms with Gasteiger partial charge in [0.2, 0.25) is 0 Å². The zero-order valence-electron chi connectivity index (χ0n) is 9.12. The maximum atomic E-state index is 11.7. The minimum atomic E-state index is -0.630. The van der Waals surface area contributed by atoms with Gasteiger partial charge in [0.15, 0.2) is 5.78 Å². The third kappa shape index (κ3) is 2.88. The number of Topliss-reactive ketones (excluding diaryl/α,β-unsaturated/α-hetero) is 2. The lowest BCUT2D eigenvalue weighted by atomic mass is 9.98. The molecule has 0 aromatic heterocycles. The Morgan fingerprint density at radius 3 is 2.60 bits per heavy atom. The molecule has 84 valence electrons. The van der Waals surface area contributed by atoms with Crippen molar-refractivity contribution < 1.29 is 19.1 Å². The van der Waals surface area contributed by atoms with Gasteiger partial charge in [0, 0.05) is 12.3 Å². The molecule has 0 spiro atoms. The maximum Gasteiger partial charge on any atom is 0.316 e. The summed E-state index contributed by atoms with van der Waals surface area (Å²) in [6, 6.07) is 0. The highest BCUT2D eigenvalue weighted by molar-refractivity contribution is 6.02. The predicted octanol–water partition coefficient (Wildman–Crippen LogP) is 1.12. The molecule has 0 N–H and O–H groups in total. The van der Waals surface area contributed by atoms with Gasteiger partial charge in [-0.15, -0.1) is 0 Å². The fourth-order valence-electron chi connectivity index (χ4n) is 1.96. The van der Waals surface area contributed by atoms with Crippen molar-refractivity contribution in [3.8, 4) is 0 Å². The summed E-state index contributed by atoms with van der Waals surface area (Å²) in [7, 11) is 0. The highest BCUT2D eigenvalue weighted by atomic mass is 16.5. The van der Waals surface area contributed by atoms with Gasteiger partial charge >= 0.3 is 5.97 Å². The molecule has 0 aliphatic heterocycles. The summed E-state index contributed by atoms with van der Waals surface area (Å²) in [4.78, 5) is 33.9. The lowest BCUT2D eigenvalue weighted by Crippen LogP contribution is -2.25. The van der Waals surface area contributed by atoms with Crippen molar-refractivity contribution in [1.29, 1.82) is 0 Å². The van der Waals surface area contributed by atoms with E-state index in [-0.39, 0.29) is 23.9 Å². The predicted molar refractivity (Wildman–Crippen MR) is 53.2 cm³/mol. The lowest BCUT2D eigenvalue weighted by molar-refractivity contribution is -0.151. The summed E-state index contributed by atoms with van der Waals surface area (Å²) >= 11 is 0. The number of esters is 1. The number of ketones is 2.